The van der Waals surface area contributed by atoms with Crippen LogP contribution in [0.4, 0.5) is 0 Å². The molecule has 0 aromatic heterocycles. The molecule has 4 N–H and O–H groups in total. The fourth-order valence-electron chi connectivity index (χ4n) is 1.55. The average Bonchev–Trinajstić information content (AvgIpc) is 2.35. The molecule has 0 aliphatic rings. The van der Waals surface area contributed by atoms with Gasteiger partial charge in [0.2, 0.25) is 20.0 Å². The first-order valence-corrected chi connectivity index (χ1v) is 8.92. The second-order valence-corrected chi connectivity index (χ2v) is 7.75. The number of benzene rings is 1. The highest BCUT2D eigenvalue weighted by Gasteiger charge is 2.20. The zero-order valence-electron chi connectivity index (χ0n) is 11.2. The lowest BCUT2D eigenvalue weighted by Crippen LogP contribution is -2.33. The summed E-state index contributed by atoms with van der Waals surface area (Å²) in [5.74, 6) is -1.03. The van der Waals surface area contributed by atoms with Crippen molar-refractivity contribution >= 4 is 26.0 Å². The second kappa shape index (κ2) is 6.52. The third-order valence-electron chi connectivity index (χ3n) is 2.59. The van der Waals surface area contributed by atoms with Crippen LogP contribution in [0, 0.1) is 0 Å². The van der Waals surface area contributed by atoms with Crippen molar-refractivity contribution in [2.45, 2.75) is 35.6 Å². The molecule has 1 aromatic carbocycles. The fourth-order valence-corrected chi connectivity index (χ4v) is 3.51. The van der Waals surface area contributed by atoms with Crippen molar-refractivity contribution in [1.29, 1.82) is 0 Å². The van der Waals surface area contributed by atoms with Crippen LogP contribution in [0.5, 0.6) is 0 Å². The maximum absolute atomic E-state index is 12.1. The first-order chi connectivity index (χ1) is 9.52. The van der Waals surface area contributed by atoms with E-state index in [0.29, 0.717) is 0 Å². The Balaban J connectivity index is 2.96. The predicted molar refractivity (Wildman–Crippen MR) is 74.5 cm³/mol. The Kier molecular flexibility index (Phi) is 5.45. The van der Waals surface area contributed by atoms with Gasteiger partial charge in [-0.2, -0.15) is 0 Å². The molecule has 1 rings (SSSR count). The Bertz CT molecular complexity index is 727. The van der Waals surface area contributed by atoms with E-state index in [0.717, 1.165) is 6.07 Å². The highest BCUT2D eigenvalue weighted by molar-refractivity contribution is 7.90. The number of nitrogens with one attached hydrogen (secondary N) is 1. The molecule has 0 radical (unpaired) electrons. The van der Waals surface area contributed by atoms with Crippen LogP contribution in [-0.4, -0.2) is 34.0 Å². The Labute approximate surface area is 123 Å². The first-order valence-electron chi connectivity index (χ1n) is 5.89. The molecule has 0 spiro atoms. The molecular weight excluding hydrogens is 320 g/mol. The SMILES string of the molecule is CC(CCC(=O)O)NS(=O)(=O)c1cccc(S(N)(=O)=O)c1. The van der Waals surface area contributed by atoms with Crippen molar-refractivity contribution in [1.82, 2.24) is 4.72 Å². The van der Waals surface area contributed by atoms with Gasteiger partial charge in [0, 0.05) is 12.5 Å². The molecule has 1 aromatic rings. The summed E-state index contributed by atoms with van der Waals surface area (Å²) in [4.78, 5) is 9.87. The molecule has 0 saturated heterocycles. The van der Waals surface area contributed by atoms with E-state index in [1.54, 1.807) is 0 Å². The van der Waals surface area contributed by atoms with Crippen LogP contribution in [0.25, 0.3) is 0 Å². The smallest absolute Gasteiger partial charge is 0.303 e. The minimum Gasteiger partial charge on any atom is -0.481 e. The van der Waals surface area contributed by atoms with Crippen LogP contribution < -0.4 is 9.86 Å². The van der Waals surface area contributed by atoms with E-state index in [1.165, 1.54) is 25.1 Å². The van der Waals surface area contributed by atoms with E-state index in [2.05, 4.69) is 4.72 Å². The molecule has 118 valence electrons. The number of hydrogen-bond acceptors (Lipinski definition) is 5. The normalized spacial score (nSPS) is 13.8. The quantitative estimate of drug-likeness (QED) is 0.632. The van der Waals surface area contributed by atoms with Crippen LogP contribution >= 0.6 is 0 Å². The number of aliphatic carboxylic acids is 1. The highest BCUT2D eigenvalue weighted by atomic mass is 32.2. The van der Waals surface area contributed by atoms with E-state index in [1.807, 2.05) is 0 Å². The van der Waals surface area contributed by atoms with Gasteiger partial charge in [-0.25, -0.2) is 26.7 Å². The number of hydrogen-bond donors (Lipinski definition) is 3. The lowest BCUT2D eigenvalue weighted by Gasteiger charge is -2.13. The van der Waals surface area contributed by atoms with Gasteiger partial charge in [-0.3, -0.25) is 4.79 Å². The predicted octanol–water partition coefficient (Wildman–Crippen LogP) is -0.134. The van der Waals surface area contributed by atoms with Gasteiger partial charge < -0.3 is 5.11 Å². The fraction of sp³-hybridized carbons (Fsp3) is 0.364. The number of nitrogens with two attached hydrogens (primary N) is 1. The van der Waals surface area contributed by atoms with Gasteiger partial charge in [0.25, 0.3) is 0 Å². The van der Waals surface area contributed by atoms with E-state index in [9.17, 15) is 21.6 Å². The molecule has 1 atom stereocenters. The van der Waals surface area contributed by atoms with E-state index in [4.69, 9.17) is 10.2 Å². The minimum atomic E-state index is -4.01. The lowest BCUT2D eigenvalue weighted by atomic mass is 10.2. The zero-order valence-corrected chi connectivity index (χ0v) is 12.8. The molecule has 0 bridgehead atoms. The van der Waals surface area contributed by atoms with E-state index >= 15 is 0 Å². The van der Waals surface area contributed by atoms with Crippen LogP contribution in [-0.2, 0) is 24.8 Å². The van der Waals surface area contributed by atoms with E-state index < -0.39 is 32.1 Å². The standard InChI is InChI=1S/C11H16N2O6S2/c1-8(5-6-11(14)15)13-21(18,19)10-4-2-3-9(7-10)20(12,16)17/h2-4,7-8,13H,5-6H2,1H3,(H,14,15)(H2,12,16,17). The van der Waals surface area contributed by atoms with Crippen LogP contribution in [0.3, 0.4) is 0 Å². The molecule has 0 aliphatic carbocycles. The van der Waals surface area contributed by atoms with Crippen molar-refractivity contribution in [3.05, 3.63) is 24.3 Å². The Morgan fingerprint density at radius 1 is 1.29 bits per heavy atom. The van der Waals surface area contributed by atoms with Crippen molar-refractivity contribution in [3.63, 3.8) is 0 Å². The van der Waals surface area contributed by atoms with Crippen LogP contribution in [0.15, 0.2) is 34.1 Å². The topological polar surface area (TPSA) is 144 Å². The summed E-state index contributed by atoms with van der Waals surface area (Å²) in [6.45, 7) is 1.52. The summed E-state index contributed by atoms with van der Waals surface area (Å²) in [7, 11) is -7.96. The number of carboxylic acids is 1. The molecule has 0 aliphatic heterocycles. The molecule has 0 fully saturated rings. The van der Waals surface area contributed by atoms with Crippen molar-refractivity contribution in [2.24, 2.45) is 5.14 Å². The summed E-state index contributed by atoms with van der Waals surface area (Å²) in [5.41, 5.74) is 0. The van der Waals surface area contributed by atoms with Crippen molar-refractivity contribution in [2.75, 3.05) is 0 Å². The van der Waals surface area contributed by atoms with Crippen molar-refractivity contribution in [3.8, 4) is 0 Å². The monoisotopic (exact) mass is 336 g/mol. The Morgan fingerprint density at radius 3 is 2.38 bits per heavy atom. The molecule has 0 amide bonds. The molecule has 0 heterocycles. The maximum atomic E-state index is 12.1. The summed E-state index contributed by atoms with van der Waals surface area (Å²) in [5, 5.41) is 13.5. The largest absolute Gasteiger partial charge is 0.481 e. The summed E-state index contributed by atoms with van der Waals surface area (Å²) in [6, 6.07) is 4.00. The Hall–Kier alpha value is -1.49. The van der Waals surface area contributed by atoms with Crippen LogP contribution in [0.1, 0.15) is 19.8 Å². The zero-order chi connectivity index (χ0) is 16.3. The minimum absolute atomic E-state index is 0.115. The second-order valence-electron chi connectivity index (χ2n) is 4.47. The number of sulfonamides is 2. The number of rotatable bonds is 7. The Morgan fingerprint density at radius 2 is 1.86 bits per heavy atom. The van der Waals surface area contributed by atoms with Gasteiger partial charge in [0.05, 0.1) is 9.79 Å². The number of carboxylic acid groups (broad SMARTS) is 1. The molecule has 8 nitrogen and oxygen atoms in total. The average molecular weight is 336 g/mol. The molecule has 21 heavy (non-hydrogen) atoms. The van der Waals surface area contributed by atoms with Crippen molar-refractivity contribution < 1.29 is 26.7 Å². The van der Waals surface area contributed by atoms with Gasteiger partial charge in [-0.05, 0) is 31.5 Å². The number of carbonyl (C=O) groups is 1. The van der Waals surface area contributed by atoms with E-state index in [-0.39, 0.29) is 22.6 Å². The van der Waals surface area contributed by atoms with Gasteiger partial charge in [0.15, 0.2) is 0 Å². The third kappa shape index (κ3) is 5.42. The lowest BCUT2D eigenvalue weighted by molar-refractivity contribution is -0.137. The molecular formula is C11H16N2O6S2. The van der Waals surface area contributed by atoms with Gasteiger partial charge in [-0.1, -0.05) is 6.07 Å². The summed E-state index contributed by atoms with van der Waals surface area (Å²) in [6.07, 6.45) is -0.0651. The maximum Gasteiger partial charge on any atom is 0.303 e. The molecule has 1 unspecified atom stereocenters. The molecule has 0 saturated carbocycles. The first kappa shape index (κ1) is 17.6. The summed E-state index contributed by atoms with van der Waals surface area (Å²) < 4.78 is 48.8. The number of primary sulfonamides is 1. The van der Waals surface area contributed by atoms with Crippen LogP contribution in [0.2, 0.25) is 0 Å². The molecule has 10 heteroatoms. The van der Waals surface area contributed by atoms with Gasteiger partial charge >= 0.3 is 5.97 Å². The van der Waals surface area contributed by atoms with Gasteiger partial charge in [0.1, 0.15) is 0 Å². The third-order valence-corrected chi connectivity index (χ3v) is 5.09. The highest BCUT2D eigenvalue weighted by Crippen LogP contribution is 2.15. The van der Waals surface area contributed by atoms with Gasteiger partial charge in [-0.15, -0.1) is 0 Å². The summed E-state index contributed by atoms with van der Waals surface area (Å²) >= 11 is 0.